The van der Waals surface area contributed by atoms with Crippen molar-refractivity contribution in [2.75, 3.05) is 0 Å². The van der Waals surface area contributed by atoms with Crippen LogP contribution >= 0.6 is 11.6 Å². The molecule has 0 aliphatic heterocycles. The fourth-order valence-corrected chi connectivity index (χ4v) is 1.71. The Morgan fingerprint density at radius 1 is 1.47 bits per heavy atom. The lowest BCUT2D eigenvalue weighted by Crippen LogP contribution is -2.08. The fourth-order valence-electron chi connectivity index (χ4n) is 1.54. The monoisotopic (exact) mass is 254 g/mol. The van der Waals surface area contributed by atoms with Crippen LogP contribution in [0.5, 0.6) is 5.75 Å². The molecule has 0 aliphatic carbocycles. The van der Waals surface area contributed by atoms with E-state index in [0.717, 1.165) is 0 Å². The number of benzene rings is 1. The molecular weight excluding hydrogens is 244 g/mol. The molecule has 1 aromatic carbocycles. The number of furan rings is 1. The van der Waals surface area contributed by atoms with Gasteiger partial charge in [-0.2, -0.15) is 0 Å². The van der Waals surface area contributed by atoms with Gasteiger partial charge in [0, 0.05) is 5.02 Å². The molecule has 0 radical (unpaired) electrons. The molecule has 0 atom stereocenters. The SMILES string of the molecule is CC(C)Oc1c(C(=O)O)oc2ccc(Cl)cc12. The third kappa shape index (κ3) is 2.22. The van der Waals surface area contributed by atoms with Gasteiger partial charge in [0.05, 0.1) is 11.5 Å². The Kier molecular flexibility index (Phi) is 2.98. The summed E-state index contributed by atoms with van der Waals surface area (Å²) in [5, 5.41) is 10.1. The summed E-state index contributed by atoms with van der Waals surface area (Å²) in [6.45, 7) is 3.63. The van der Waals surface area contributed by atoms with Gasteiger partial charge < -0.3 is 14.3 Å². The van der Waals surface area contributed by atoms with E-state index in [1.165, 1.54) is 0 Å². The third-order valence-electron chi connectivity index (χ3n) is 2.15. The van der Waals surface area contributed by atoms with E-state index in [9.17, 15) is 4.79 Å². The molecule has 0 fully saturated rings. The van der Waals surface area contributed by atoms with Crippen LogP contribution in [0.1, 0.15) is 24.4 Å². The predicted molar refractivity (Wildman–Crippen MR) is 63.9 cm³/mol. The quantitative estimate of drug-likeness (QED) is 0.910. The van der Waals surface area contributed by atoms with Gasteiger partial charge in [-0.15, -0.1) is 0 Å². The van der Waals surface area contributed by atoms with Crippen LogP contribution in [-0.2, 0) is 0 Å². The number of hydrogen-bond donors (Lipinski definition) is 1. The van der Waals surface area contributed by atoms with Crippen molar-refractivity contribution < 1.29 is 19.1 Å². The van der Waals surface area contributed by atoms with Crippen LogP contribution in [0, 0.1) is 0 Å². The molecular formula is C12H11ClO4. The van der Waals surface area contributed by atoms with E-state index in [0.29, 0.717) is 16.0 Å². The first-order valence-electron chi connectivity index (χ1n) is 5.11. The molecule has 1 aromatic heterocycles. The predicted octanol–water partition coefficient (Wildman–Crippen LogP) is 3.57. The normalized spacial score (nSPS) is 11.1. The Labute approximate surface area is 103 Å². The molecule has 4 nitrogen and oxygen atoms in total. The van der Waals surface area contributed by atoms with Gasteiger partial charge in [-0.05, 0) is 32.0 Å². The zero-order chi connectivity index (χ0) is 12.6. The van der Waals surface area contributed by atoms with Gasteiger partial charge in [-0.25, -0.2) is 4.79 Å². The number of rotatable bonds is 3. The summed E-state index contributed by atoms with van der Waals surface area (Å²) in [4.78, 5) is 11.1. The van der Waals surface area contributed by atoms with Crippen molar-refractivity contribution in [2.45, 2.75) is 20.0 Å². The van der Waals surface area contributed by atoms with E-state index in [-0.39, 0.29) is 17.6 Å². The first-order chi connectivity index (χ1) is 7.99. The number of carboxylic acid groups (broad SMARTS) is 1. The fraction of sp³-hybridized carbons (Fsp3) is 0.250. The van der Waals surface area contributed by atoms with Crippen LogP contribution in [0.15, 0.2) is 22.6 Å². The standard InChI is InChI=1S/C12H11ClO4/c1-6(2)16-10-8-5-7(13)3-4-9(8)17-11(10)12(14)15/h3-6H,1-2H3,(H,14,15). The van der Waals surface area contributed by atoms with Gasteiger partial charge in [0.15, 0.2) is 5.75 Å². The molecule has 0 saturated carbocycles. The maximum absolute atomic E-state index is 11.1. The lowest BCUT2D eigenvalue weighted by molar-refractivity contribution is 0.0656. The Morgan fingerprint density at radius 2 is 2.18 bits per heavy atom. The molecule has 1 N–H and O–H groups in total. The molecule has 0 saturated heterocycles. The molecule has 90 valence electrons. The van der Waals surface area contributed by atoms with E-state index >= 15 is 0 Å². The molecule has 5 heteroatoms. The van der Waals surface area contributed by atoms with Gasteiger partial charge in [0.25, 0.3) is 5.76 Å². The second-order valence-electron chi connectivity index (χ2n) is 3.87. The van der Waals surface area contributed by atoms with E-state index in [1.807, 2.05) is 13.8 Å². The first-order valence-corrected chi connectivity index (χ1v) is 5.49. The number of ether oxygens (including phenoxy) is 1. The van der Waals surface area contributed by atoms with E-state index in [4.69, 9.17) is 25.9 Å². The summed E-state index contributed by atoms with van der Waals surface area (Å²) in [5.74, 6) is -1.13. The minimum absolute atomic E-state index is 0.145. The molecule has 0 amide bonds. The minimum atomic E-state index is -1.16. The van der Waals surface area contributed by atoms with Crippen molar-refractivity contribution in [3.05, 3.63) is 29.0 Å². The largest absolute Gasteiger partial charge is 0.486 e. The highest BCUT2D eigenvalue weighted by molar-refractivity contribution is 6.31. The molecule has 0 aliphatic rings. The lowest BCUT2D eigenvalue weighted by atomic mass is 10.2. The summed E-state index contributed by atoms with van der Waals surface area (Å²) in [7, 11) is 0. The Balaban J connectivity index is 2.68. The second-order valence-corrected chi connectivity index (χ2v) is 4.31. The zero-order valence-electron chi connectivity index (χ0n) is 9.36. The molecule has 17 heavy (non-hydrogen) atoms. The highest BCUT2D eigenvalue weighted by atomic mass is 35.5. The van der Waals surface area contributed by atoms with Gasteiger partial charge in [0.2, 0.25) is 0 Å². The van der Waals surface area contributed by atoms with E-state index in [1.54, 1.807) is 18.2 Å². The maximum Gasteiger partial charge on any atom is 0.375 e. The van der Waals surface area contributed by atoms with Gasteiger partial charge in [0.1, 0.15) is 5.58 Å². The topological polar surface area (TPSA) is 59.7 Å². The van der Waals surface area contributed by atoms with Gasteiger partial charge in [-0.3, -0.25) is 0 Å². The summed E-state index contributed by atoms with van der Waals surface area (Å²) >= 11 is 5.87. The summed E-state index contributed by atoms with van der Waals surface area (Å²) in [5.41, 5.74) is 0.447. The molecule has 0 unspecified atom stereocenters. The third-order valence-corrected chi connectivity index (χ3v) is 2.39. The molecule has 1 heterocycles. The summed E-state index contributed by atoms with van der Waals surface area (Å²) in [6, 6.07) is 4.89. The van der Waals surface area contributed by atoms with Crippen molar-refractivity contribution in [1.82, 2.24) is 0 Å². The Hall–Kier alpha value is -1.68. The minimum Gasteiger partial charge on any atom is -0.486 e. The van der Waals surface area contributed by atoms with Crippen LogP contribution < -0.4 is 4.74 Å². The number of hydrogen-bond acceptors (Lipinski definition) is 3. The average molecular weight is 255 g/mol. The first kappa shape index (κ1) is 11.8. The zero-order valence-corrected chi connectivity index (χ0v) is 10.1. The molecule has 0 spiro atoms. The smallest absolute Gasteiger partial charge is 0.375 e. The Bertz CT molecular complexity index is 571. The molecule has 2 aromatic rings. The van der Waals surface area contributed by atoms with Gasteiger partial charge in [-0.1, -0.05) is 11.6 Å². The highest BCUT2D eigenvalue weighted by Crippen LogP contribution is 2.35. The Morgan fingerprint density at radius 3 is 2.76 bits per heavy atom. The van der Waals surface area contributed by atoms with Crippen LogP contribution in [0.3, 0.4) is 0 Å². The molecule has 2 rings (SSSR count). The number of fused-ring (bicyclic) bond motifs is 1. The van der Waals surface area contributed by atoms with Crippen molar-refractivity contribution in [3.8, 4) is 5.75 Å². The van der Waals surface area contributed by atoms with Crippen LogP contribution in [0.4, 0.5) is 0 Å². The number of carboxylic acids is 1. The van der Waals surface area contributed by atoms with Gasteiger partial charge >= 0.3 is 5.97 Å². The van der Waals surface area contributed by atoms with Crippen LogP contribution in [0.2, 0.25) is 5.02 Å². The van der Waals surface area contributed by atoms with E-state index < -0.39 is 5.97 Å². The summed E-state index contributed by atoms with van der Waals surface area (Å²) < 4.78 is 10.7. The highest BCUT2D eigenvalue weighted by Gasteiger charge is 2.22. The molecule has 0 bridgehead atoms. The second kappa shape index (κ2) is 4.30. The van der Waals surface area contributed by atoms with Crippen LogP contribution in [0.25, 0.3) is 11.0 Å². The lowest BCUT2D eigenvalue weighted by Gasteiger charge is -2.08. The summed E-state index contributed by atoms with van der Waals surface area (Å²) in [6.07, 6.45) is -0.145. The van der Waals surface area contributed by atoms with Crippen molar-refractivity contribution in [2.24, 2.45) is 0 Å². The van der Waals surface area contributed by atoms with Crippen molar-refractivity contribution in [1.29, 1.82) is 0 Å². The van der Waals surface area contributed by atoms with E-state index in [2.05, 4.69) is 0 Å². The van der Waals surface area contributed by atoms with Crippen molar-refractivity contribution >= 4 is 28.5 Å². The average Bonchev–Trinajstić information content (AvgIpc) is 2.56. The maximum atomic E-state index is 11.1. The van der Waals surface area contributed by atoms with Crippen LogP contribution in [-0.4, -0.2) is 17.2 Å². The van der Waals surface area contributed by atoms with Crippen molar-refractivity contribution in [3.63, 3.8) is 0 Å². The number of halogens is 1. The number of carbonyl (C=O) groups is 1. The number of aromatic carboxylic acids is 1.